The van der Waals surface area contributed by atoms with Gasteiger partial charge in [-0.25, -0.2) is 8.42 Å². The third-order valence-corrected chi connectivity index (χ3v) is 9.33. The molecule has 0 aliphatic heterocycles. The summed E-state index contributed by atoms with van der Waals surface area (Å²) in [5.41, 5.74) is 1.99. The van der Waals surface area contributed by atoms with Gasteiger partial charge in [0.15, 0.2) is 0 Å². The molecule has 0 aromatic heterocycles. The third kappa shape index (κ3) is 9.18. The van der Waals surface area contributed by atoms with Gasteiger partial charge in [0.05, 0.1) is 17.2 Å². The number of carbonyl (C=O) groups is 2. The molecule has 0 bridgehead atoms. The number of hydrogen-bond acceptors (Lipinski definition) is 5. The van der Waals surface area contributed by atoms with Gasteiger partial charge in [0.1, 0.15) is 18.3 Å². The maximum atomic E-state index is 14.4. The van der Waals surface area contributed by atoms with Crippen LogP contribution in [0, 0.1) is 0 Å². The van der Waals surface area contributed by atoms with Crippen LogP contribution in [-0.4, -0.2) is 50.4 Å². The van der Waals surface area contributed by atoms with Crippen LogP contribution in [0.4, 0.5) is 5.69 Å². The van der Waals surface area contributed by atoms with Gasteiger partial charge in [-0.15, -0.1) is 0 Å². The summed E-state index contributed by atoms with van der Waals surface area (Å²) in [5, 5.41) is 2.97. The van der Waals surface area contributed by atoms with Gasteiger partial charge in [-0.1, -0.05) is 76.6 Å². The van der Waals surface area contributed by atoms with Crippen molar-refractivity contribution in [1.29, 1.82) is 0 Å². The Hall–Kier alpha value is -4.15. The maximum absolute atomic E-state index is 14.4. The van der Waals surface area contributed by atoms with E-state index in [1.54, 1.807) is 42.5 Å². The standard InChI is InChI=1S/C35H38BrN3O5S/c1-4-44-31-19-21-32(22-20-31)45(42,43)39(30-13-9-6-10-14-30)25-34(40)38(24-28-15-17-29(36)18-16-28)33(35(41)37-26(2)3)23-27-11-7-5-8-12-27/h5-22,26,33H,4,23-25H2,1-3H3,(H,37,41)/t33-/m1/s1. The second kappa shape index (κ2) is 15.7. The summed E-state index contributed by atoms with van der Waals surface area (Å²) in [6.07, 6.45) is 0.249. The molecule has 0 fully saturated rings. The number of amides is 2. The van der Waals surface area contributed by atoms with E-state index in [0.717, 1.165) is 19.9 Å². The largest absolute Gasteiger partial charge is 0.494 e. The second-order valence-corrected chi connectivity index (χ2v) is 13.5. The van der Waals surface area contributed by atoms with Gasteiger partial charge < -0.3 is 15.0 Å². The lowest BCUT2D eigenvalue weighted by Gasteiger charge is -2.34. The molecule has 4 aromatic carbocycles. The Balaban J connectivity index is 1.77. The molecule has 10 heteroatoms. The van der Waals surface area contributed by atoms with Crippen LogP contribution in [0.25, 0.3) is 0 Å². The molecule has 4 rings (SSSR count). The Morgan fingerprint density at radius 1 is 0.822 bits per heavy atom. The van der Waals surface area contributed by atoms with Crippen LogP contribution in [0.15, 0.2) is 119 Å². The highest BCUT2D eigenvalue weighted by Gasteiger charge is 2.34. The van der Waals surface area contributed by atoms with E-state index >= 15 is 0 Å². The molecule has 0 unspecified atom stereocenters. The van der Waals surface area contributed by atoms with Crippen molar-refractivity contribution < 1.29 is 22.7 Å². The number of nitrogens with one attached hydrogen (secondary N) is 1. The number of rotatable bonds is 14. The van der Waals surface area contributed by atoms with Crippen molar-refractivity contribution in [3.05, 3.63) is 125 Å². The molecular formula is C35H38BrN3O5S. The van der Waals surface area contributed by atoms with Crippen LogP contribution in [0.3, 0.4) is 0 Å². The number of carbonyl (C=O) groups excluding carboxylic acids is 2. The Morgan fingerprint density at radius 2 is 1.42 bits per heavy atom. The van der Waals surface area contributed by atoms with Gasteiger partial charge in [-0.05, 0) is 80.4 Å². The molecule has 0 heterocycles. The van der Waals surface area contributed by atoms with Crippen molar-refractivity contribution in [2.45, 2.75) is 50.7 Å². The molecule has 0 radical (unpaired) electrons. The highest BCUT2D eigenvalue weighted by molar-refractivity contribution is 9.10. The lowest BCUT2D eigenvalue weighted by molar-refractivity contribution is -0.140. The number of ether oxygens (including phenoxy) is 1. The van der Waals surface area contributed by atoms with E-state index in [1.165, 1.54) is 17.0 Å². The van der Waals surface area contributed by atoms with E-state index in [9.17, 15) is 18.0 Å². The summed E-state index contributed by atoms with van der Waals surface area (Å²) in [6.45, 7) is 5.59. The van der Waals surface area contributed by atoms with E-state index < -0.39 is 28.5 Å². The molecule has 4 aromatic rings. The first kappa shape index (κ1) is 33.7. The number of hydrogen-bond donors (Lipinski definition) is 1. The van der Waals surface area contributed by atoms with Crippen molar-refractivity contribution in [3.63, 3.8) is 0 Å². The third-order valence-electron chi connectivity index (χ3n) is 7.01. The van der Waals surface area contributed by atoms with Crippen LogP contribution in [-0.2, 0) is 32.6 Å². The number of para-hydroxylation sites is 1. The summed E-state index contributed by atoms with van der Waals surface area (Å²) >= 11 is 3.45. The highest BCUT2D eigenvalue weighted by atomic mass is 79.9. The fraction of sp³-hybridized carbons (Fsp3) is 0.257. The molecule has 0 saturated carbocycles. The van der Waals surface area contributed by atoms with Crippen LogP contribution < -0.4 is 14.4 Å². The van der Waals surface area contributed by atoms with Gasteiger partial charge in [0, 0.05) is 23.5 Å². The topological polar surface area (TPSA) is 96.0 Å². The van der Waals surface area contributed by atoms with Crippen LogP contribution in [0.1, 0.15) is 31.9 Å². The zero-order valence-corrected chi connectivity index (χ0v) is 28.0. The minimum atomic E-state index is -4.19. The van der Waals surface area contributed by atoms with Crippen LogP contribution in [0.5, 0.6) is 5.75 Å². The Morgan fingerprint density at radius 3 is 2.00 bits per heavy atom. The minimum absolute atomic E-state index is 0.0143. The summed E-state index contributed by atoms with van der Waals surface area (Å²) in [6, 6.07) is 30.5. The van der Waals surface area contributed by atoms with Crippen molar-refractivity contribution in [2.24, 2.45) is 0 Å². The molecule has 45 heavy (non-hydrogen) atoms. The minimum Gasteiger partial charge on any atom is -0.494 e. The quantitative estimate of drug-likeness (QED) is 0.170. The zero-order chi connectivity index (χ0) is 32.4. The summed E-state index contributed by atoms with van der Waals surface area (Å²) in [5.74, 6) is -0.296. The maximum Gasteiger partial charge on any atom is 0.264 e. The smallest absolute Gasteiger partial charge is 0.264 e. The van der Waals surface area contributed by atoms with Crippen molar-refractivity contribution in [1.82, 2.24) is 10.2 Å². The second-order valence-electron chi connectivity index (χ2n) is 10.8. The molecule has 0 spiro atoms. The normalized spacial score (nSPS) is 11.9. The predicted octanol–water partition coefficient (Wildman–Crippen LogP) is 6.21. The fourth-order valence-electron chi connectivity index (χ4n) is 4.85. The Bertz CT molecular complexity index is 1650. The lowest BCUT2D eigenvalue weighted by Crippen LogP contribution is -2.54. The number of anilines is 1. The molecule has 8 nitrogen and oxygen atoms in total. The summed E-state index contributed by atoms with van der Waals surface area (Å²) < 4.78 is 35.7. The first-order chi connectivity index (χ1) is 21.6. The van der Waals surface area contributed by atoms with Gasteiger partial charge >= 0.3 is 0 Å². The molecule has 0 aliphatic carbocycles. The molecule has 0 aliphatic rings. The van der Waals surface area contributed by atoms with Gasteiger partial charge in [-0.2, -0.15) is 0 Å². The van der Waals surface area contributed by atoms with E-state index in [2.05, 4.69) is 21.2 Å². The Labute approximate surface area is 274 Å². The van der Waals surface area contributed by atoms with Crippen molar-refractivity contribution in [2.75, 3.05) is 17.5 Å². The summed E-state index contributed by atoms with van der Waals surface area (Å²) in [4.78, 5) is 29.7. The number of nitrogens with zero attached hydrogens (tertiary/aromatic N) is 2. The van der Waals surface area contributed by atoms with E-state index in [-0.39, 0.29) is 29.8 Å². The highest BCUT2D eigenvalue weighted by Crippen LogP contribution is 2.26. The van der Waals surface area contributed by atoms with Gasteiger partial charge in [0.25, 0.3) is 10.0 Å². The number of benzene rings is 4. The van der Waals surface area contributed by atoms with Gasteiger partial charge in [0.2, 0.25) is 11.8 Å². The van der Waals surface area contributed by atoms with Crippen molar-refractivity contribution >= 4 is 43.5 Å². The lowest BCUT2D eigenvalue weighted by atomic mass is 10.0. The molecular weight excluding hydrogens is 654 g/mol. The van der Waals surface area contributed by atoms with Crippen molar-refractivity contribution in [3.8, 4) is 5.75 Å². The first-order valence-electron chi connectivity index (χ1n) is 14.8. The SMILES string of the molecule is CCOc1ccc(S(=O)(=O)N(CC(=O)N(Cc2ccc(Br)cc2)[C@H](Cc2ccccc2)C(=O)NC(C)C)c2ccccc2)cc1. The molecule has 0 saturated heterocycles. The van der Waals surface area contributed by atoms with E-state index in [1.807, 2.05) is 75.4 Å². The fourth-order valence-corrected chi connectivity index (χ4v) is 6.52. The number of sulfonamides is 1. The summed E-state index contributed by atoms with van der Waals surface area (Å²) in [7, 11) is -4.19. The average Bonchev–Trinajstić information content (AvgIpc) is 3.03. The van der Waals surface area contributed by atoms with Crippen LogP contribution >= 0.6 is 15.9 Å². The van der Waals surface area contributed by atoms with E-state index in [0.29, 0.717) is 18.0 Å². The predicted molar refractivity (Wildman–Crippen MR) is 180 cm³/mol. The molecule has 1 N–H and O–H groups in total. The zero-order valence-electron chi connectivity index (χ0n) is 25.6. The van der Waals surface area contributed by atoms with Crippen LogP contribution in [0.2, 0.25) is 0 Å². The van der Waals surface area contributed by atoms with Gasteiger partial charge in [-0.3, -0.25) is 13.9 Å². The molecule has 2 amide bonds. The monoisotopic (exact) mass is 691 g/mol. The van der Waals surface area contributed by atoms with E-state index in [4.69, 9.17) is 4.74 Å². The average molecular weight is 693 g/mol. The molecule has 1 atom stereocenters. The Kier molecular flexibility index (Phi) is 11.8. The first-order valence-corrected chi connectivity index (χ1v) is 17.0. The number of halogens is 1. The molecule has 236 valence electrons.